The molecule has 0 spiro atoms. The number of fused-ring (bicyclic) bond motifs is 6. The van der Waals surface area contributed by atoms with Crippen molar-refractivity contribution in [1.29, 1.82) is 0 Å². The number of pyridine rings is 1. The molecule has 2 aromatic heterocycles. The van der Waals surface area contributed by atoms with Crippen LogP contribution in [0.1, 0.15) is 30.4 Å². The number of sulfonamides is 1. The number of ether oxygens (including phenoxy) is 1. The number of piperidine rings is 1. The average Bonchev–Trinajstić information content (AvgIpc) is 3.15. The molecule has 0 atom stereocenters. The molecule has 6 rings (SSSR count). The van der Waals surface area contributed by atoms with Gasteiger partial charge in [-0.2, -0.15) is 35.6 Å². The average molecular weight is 828 g/mol. The van der Waals surface area contributed by atoms with Crippen molar-refractivity contribution < 1.29 is 53.9 Å². The van der Waals surface area contributed by atoms with Crippen molar-refractivity contribution in [2.24, 2.45) is 5.92 Å². The van der Waals surface area contributed by atoms with E-state index in [0.29, 0.717) is 67.7 Å². The van der Waals surface area contributed by atoms with Crippen molar-refractivity contribution in [2.75, 3.05) is 36.1 Å². The zero-order valence-corrected chi connectivity index (χ0v) is 30.7. The van der Waals surface area contributed by atoms with Crippen molar-refractivity contribution in [3.63, 3.8) is 0 Å². The number of rotatable bonds is 7. The van der Waals surface area contributed by atoms with Crippen molar-refractivity contribution in [3.8, 4) is 5.75 Å². The number of nitrogens with one attached hydrogen (secondary N) is 3. The molecule has 2 aliphatic heterocycles. The molecular formula is C35H32ClF6N7O6S. The van der Waals surface area contributed by atoms with Crippen LogP contribution in [0.2, 0.25) is 5.02 Å². The van der Waals surface area contributed by atoms with Gasteiger partial charge in [0.15, 0.2) is 5.82 Å². The number of aromatic nitrogens is 3. The Balaban J connectivity index is 0.000000433. The quantitative estimate of drug-likeness (QED) is 0.132. The maximum Gasteiger partial charge on any atom is 0.458 e. The fraction of sp³-hybridized carbons (Fsp3) is 0.314. The first-order valence-corrected chi connectivity index (χ1v) is 18.5. The molecule has 0 saturated carbocycles. The molecule has 56 heavy (non-hydrogen) atoms. The molecule has 1 fully saturated rings. The molecule has 0 radical (unpaired) electrons. The van der Waals surface area contributed by atoms with Gasteiger partial charge < -0.3 is 20.7 Å². The summed E-state index contributed by atoms with van der Waals surface area (Å²) in [5.41, 5.74) is 4.24. The predicted molar refractivity (Wildman–Crippen MR) is 192 cm³/mol. The number of nitrogens with zero attached hydrogens (tertiary/aromatic N) is 4. The standard InChI is InChI=1S/C31H32ClN7O4S.C4F6O2/c1-43-25-3-2-4-26(16-25)44(41,42)39-11-9-20(10-12-39)14-29(40)37-28-8-7-23-15-22(28)6-5-21-13-24(18-33-17-21)36-31-34-19-27(32)30(35-23)38-31;5-3(6,7)1(11)2(12)4(8,9)10/h2-4,7-8,13,15-20H,5-6,9-12,14H2,1H3,(H,37,40)(H2,34,35,36,38);. The predicted octanol–water partition coefficient (Wildman–Crippen LogP) is 6.80. The van der Waals surface area contributed by atoms with Crippen molar-refractivity contribution in [3.05, 3.63) is 83.3 Å². The van der Waals surface area contributed by atoms with Crippen molar-refractivity contribution in [1.82, 2.24) is 19.3 Å². The van der Waals surface area contributed by atoms with E-state index in [0.717, 1.165) is 28.2 Å². The SMILES string of the molecule is COc1cccc(S(=O)(=O)N2CCC(CC(=O)Nc3ccc4cc3CCc3cncc(c3)Nc3ncc(Cl)c(n3)N4)CC2)c1.O=C(C(=O)C(F)(F)F)C(F)(F)F. The fourth-order valence-corrected chi connectivity index (χ4v) is 7.38. The van der Waals surface area contributed by atoms with Gasteiger partial charge in [-0.15, -0.1) is 0 Å². The highest BCUT2D eigenvalue weighted by atomic mass is 35.5. The lowest BCUT2D eigenvalue weighted by atomic mass is 9.94. The number of aryl methyl sites for hydroxylation is 2. The molecule has 0 aliphatic carbocycles. The Bertz CT molecular complexity index is 2190. The normalized spacial score (nSPS) is 14.9. The number of alkyl halides is 6. The van der Waals surface area contributed by atoms with Crippen LogP contribution in [-0.2, 0) is 37.2 Å². The molecule has 3 N–H and O–H groups in total. The molecule has 1 saturated heterocycles. The Labute approximate surface area is 320 Å². The van der Waals surface area contributed by atoms with E-state index in [4.69, 9.17) is 16.3 Å². The van der Waals surface area contributed by atoms with E-state index in [9.17, 15) is 49.1 Å². The topological polar surface area (TPSA) is 173 Å². The number of hydrogen-bond donors (Lipinski definition) is 3. The molecule has 6 bridgehead atoms. The van der Waals surface area contributed by atoms with Crippen LogP contribution >= 0.6 is 11.6 Å². The van der Waals surface area contributed by atoms with Gasteiger partial charge in [-0.25, -0.2) is 13.4 Å². The third kappa shape index (κ3) is 10.7. The van der Waals surface area contributed by atoms with Crippen LogP contribution < -0.4 is 20.7 Å². The van der Waals surface area contributed by atoms with Gasteiger partial charge in [0, 0.05) is 43.1 Å². The van der Waals surface area contributed by atoms with Gasteiger partial charge in [0.05, 0.1) is 30.1 Å². The first kappa shape index (κ1) is 41.8. The number of hydrogen-bond acceptors (Lipinski definition) is 11. The number of carbonyl (C=O) groups excluding carboxylic acids is 3. The number of ketones is 2. The van der Waals surface area contributed by atoms with Gasteiger partial charge in [0.25, 0.3) is 0 Å². The molecule has 4 heterocycles. The third-order valence-electron chi connectivity index (χ3n) is 8.57. The lowest BCUT2D eigenvalue weighted by Crippen LogP contribution is -2.39. The summed E-state index contributed by atoms with van der Waals surface area (Å²) in [6.07, 6.45) is -3.61. The number of carbonyl (C=O) groups is 3. The molecule has 21 heteroatoms. The van der Waals surface area contributed by atoms with Crippen LogP contribution in [0.5, 0.6) is 5.75 Å². The molecule has 4 aromatic rings. The minimum absolute atomic E-state index is 0.0770. The number of Topliss-reactive ketones (excluding diaryl/α,β-unsaturated/α-hetero) is 2. The van der Waals surface area contributed by atoms with E-state index < -0.39 is 33.9 Å². The van der Waals surface area contributed by atoms with E-state index in [1.54, 1.807) is 24.4 Å². The fourth-order valence-electron chi connectivity index (χ4n) is 5.74. The second-order valence-electron chi connectivity index (χ2n) is 12.5. The van der Waals surface area contributed by atoms with Crippen LogP contribution in [0.15, 0.2) is 72.0 Å². The Morgan fingerprint density at radius 2 is 1.61 bits per heavy atom. The highest BCUT2D eigenvalue weighted by Gasteiger charge is 2.54. The molecule has 2 aromatic carbocycles. The summed E-state index contributed by atoms with van der Waals surface area (Å²) < 4.78 is 100.0. The maximum atomic E-state index is 13.2. The number of methoxy groups -OCH3 is 1. The molecular weight excluding hydrogens is 796 g/mol. The highest BCUT2D eigenvalue weighted by Crippen LogP contribution is 2.31. The third-order valence-corrected chi connectivity index (χ3v) is 10.7. The second kappa shape index (κ2) is 17.2. The zero-order chi connectivity index (χ0) is 40.8. The van der Waals surface area contributed by atoms with Crippen LogP contribution in [0.25, 0.3) is 0 Å². The first-order valence-electron chi connectivity index (χ1n) is 16.6. The summed E-state index contributed by atoms with van der Waals surface area (Å²) in [5, 5.41) is 9.92. The minimum atomic E-state index is -5.77. The maximum absolute atomic E-state index is 13.2. The number of amides is 1. The number of benzene rings is 2. The van der Waals surface area contributed by atoms with Crippen LogP contribution in [0.4, 0.5) is 55.2 Å². The van der Waals surface area contributed by atoms with Gasteiger partial charge in [0.1, 0.15) is 10.8 Å². The summed E-state index contributed by atoms with van der Waals surface area (Å²) in [6.45, 7) is 0.719. The van der Waals surface area contributed by atoms with Gasteiger partial charge in [-0.3, -0.25) is 19.4 Å². The van der Waals surface area contributed by atoms with E-state index in [2.05, 4.69) is 30.9 Å². The summed E-state index contributed by atoms with van der Waals surface area (Å²) in [6, 6.07) is 14.2. The molecule has 2 aliphatic rings. The molecule has 13 nitrogen and oxygen atoms in total. The highest BCUT2D eigenvalue weighted by molar-refractivity contribution is 7.89. The van der Waals surface area contributed by atoms with Crippen LogP contribution in [0, 0.1) is 5.92 Å². The molecule has 0 unspecified atom stereocenters. The van der Waals surface area contributed by atoms with Crippen LogP contribution in [-0.4, -0.2) is 77.7 Å². The van der Waals surface area contributed by atoms with Crippen LogP contribution in [0.3, 0.4) is 0 Å². The summed E-state index contributed by atoms with van der Waals surface area (Å²) in [5.74, 6) is -5.50. The largest absolute Gasteiger partial charge is 0.497 e. The van der Waals surface area contributed by atoms with Gasteiger partial charge in [-0.05, 0) is 79.1 Å². The summed E-state index contributed by atoms with van der Waals surface area (Å²) in [4.78, 5) is 45.8. The second-order valence-corrected chi connectivity index (χ2v) is 14.9. The van der Waals surface area contributed by atoms with E-state index >= 15 is 0 Å². The lowest BCUT2D eigenvalue weighted by molar-refractivity contribution is -0.193. The van der Waals surface area contributed by atoms with E-state index in [1.807, 2.05) is 30.5 Å². The van der Waals surface area contributed by atoms with Crippen molar-refractivity contribution in [2.45, 2.75) is 49.4 Å². The van der Waals surface area contributed by atoms with E-state index in [1.165, 1.54) is 23.7 Å². The van der Waals surface area contributed by atoms with Gasteiger partial charge >= 0.3 is 23.9 Å². The first-order chi connectivity index (χ1) is 26.3. The minimum Gasteiger partial charge on any atom is -0.497 e. The Kier molecular flexibility index (Phi) is 12.9. The van der Waals surface area contributed by atoms with Gasteiger partial charge in [-0.1, -0.05) is 17.7 Å². The zero-order valence-electron chi connectivity index (χ0n) is 29.2. The van der Waals surface area contributed by atoms with Gasteiger partial charge in [0.2, 0.25) is 21.9 Å². The molecule has 1 amide bonds. The monoisotopic (exact) mass is 827 g/mol. The summed E-state index contributed by atoms with van der Waals surface area (Å²) >= 11 is 6.38. The van der Waals surface area contributed by atoms with Crippen molar-refractivity contribution >= 4 is 67.9 Å². The molecule has 298 valence electrons. The smallest absolute Gasteiger partial charge is 0.458 e. The summed E-state index contributed by atoms with van der Waals surface area (Å²) in [7, 11) is -2.13. The number of anilines is 5. The number of halogens is 7. The Morgan fingerprint density at radius 3 is 2.27 bits per heavy atom. The Morgan fingerprint density at radius 1 is 0.911 bits per heavy atom. The Hall–Kier alpha value is -5.34. The lowest BCUT2D eigenvalue weighted by Gasteiger charge is -2.31. The van der Waals surface area contributed by atoms with E-state index in [-0.39, 0.29) is 16.7 Å².